The van der Waals surface area contributed by atoms with Crippen LogP contribution < -0.4 is 10.5 Å². The van der Waals surface area contributed by atoms with Gasteiger partial charge in [0.1, 0.15) is 5.75 Å². The molecule has 3 rings (SSSR count). The van der Waals surface area contributed by atoms with Crippen LogP contribution >= 0.6 is 0 Å². The van der Waals surface area contributed by atoms with Gasteiger partial charge in [0.15, 0.2) is 5.52 Å². The standard InChI is InChI=1S/C14H14N4O/c1-9-7-10(3-4-11(9)15)19-14-13-12(5-6-16-14)18(2)8-17-13/h3-8H,15H2,1-2H3. The zero-order chi connectivity index (χ0) is 13.4. The van der Waals surface area contributed by atoms with Crippen molar-refractivity contribution in [3.8, 4) is 11.6 Å². The summed E-state index contributed by atoms with van der Waals surface area (Å²) in [6.45, 7) is 1.94. The molecule has 0 aliphatic rings. The van der Waals surface area contributed by atoms with Crippen molar-refractivity contribution in [2.45, 2.75) is 6.92 Å². The molecule has 1 aromatic carbocycles. The van der Waals surface area contributed by atoms with E-state index in [1.807, 2.05) is 42.8 Å². The van der Waals surface area contributed by atoms with Crippen molar-refractivity contribution in [2.75, 3.05) is 5.73 Å². The molecule has 5 nitrogen and oxygen atoms in total. The molecule has 0 amide bonds. The number of aryl methyl sites for hydroxylation is 2. The normalized spacial score (nSPS) is 10.8. The maximum atomic E-state index is 5.80. The Kier molecular flexibility index (Phi) is 2.59. The molecule has 0 saturated carbocycles. The van der Waals surface area contributed by atoms with E-state index in [2.05, 4.69) is 9.97 Å². The van der Waals surface area contributed by atoms with E-state index in [-0.39, 0.29) is 0 Å². The van der Waals surface area contributed by atoms with Crippen LogP contribution in [0.1, 0.15) is 5.56 Å². The zero-order valence-corrected chi connectivity index (χ0v) is 10.8. The minimum atomic E-state index is 0.502. The molecule has 0 saturated heterocycles. The van der Waals surface area contributed by atoms with E-state index in [1.54, 1.807) is 12.5 Å². The Morgan fingerprint density at radius 2 is 2.05 bits per heavy atom. The lowest BCUT2D eigenvalue weighted by Gasteiger charge is -2.07. The molecule has 0 unspecified atom stereocenters. The van der Waals surface area contributed by atoms with E-state index in [9.17, 15) is 0 Å². The second-order valence-corrected chi connectivity index (χ2v) is 4.46. The third-order valence-electron chi connectivity index (χ3n) is 3.07. The largest absolute Gasteiger partial charge is 0.437 e. The predicted octanol–water partition coefficient (Wildman–Crippen LogP) is 2.65. The number of nitrogens with two attached hydrogens (primary N) is 1. The molecule has 96 valence electrons. The summed E-state index contributed by atoms with van der Waals surface area (Å²) >= 11 is 0. The van der Waals surface area contributed by atoms with Gasteiger partial charge in [-0.1, -0.05) is 0 Å². The highest BCUT2D eigenvalue weighted by molar-refractivity contribution is 5.80. The van der Waals surface area contributed by atoms with Crippen LogP contribution in [0.2, 0.25) is 0 Å². The number of hydrogen-bond donors (Lipinski definition) is 1. The Morgan fingerprint density at radius 1 is 1.21 bits per heavy atom. The van der Waals surface area contributed by atoms with Gasteiger partial charge in [-0.3, -0.25) is 0 Å². The molecule has 3 aromatic rings. The maximum absolute atomic E-state index is 5.80. The van der Waals surface area contributed by atoms with Gasteiger partial charge >= 0.3 is 0 Å². The van der Waals surface area contributed by atoms with Crippen LogP contribution in [-0.2, 0) is 7.05 Å². The summed E-state index contributed by atoms with van der Waals surface area (Å²) < 4.78 is 7.73. The monoisotopic (exact) mass is 254 g/mol. The summed E-state index contributed by atoms with van der Waals surface area (Å²) in [7, 11) is 1.94. The molecule has 5 heteroatoms. The highest BCUT2D eigenvalue weighted by Gasteiger charge is 2.09. The first-order valence-electron chi connectivity index (χ1n) is 5.95. The number of pyridine rings is 1. The first-order chi connectivity index (χ1) is 9.15. The number of nitrogen functional groups attached to an aromatic ring is 1. The van der Waals surface area contributed by atoms with Gasteiger partial charge in [-0.15, -0.1) is 0 Å². The molecule has 0 bridgehead atoms. The first kappa shape index (κ1) is 11.5. The van der Waals surface area contributed by atoms with Crippen molar-refractivity contribution in [1.29, 1.82) is 0 Å². The summed E-state index contributed by atoms with van der Waals surface area (Å²) in [5.74, 6) is 1.21. The first-order valence-corrected chi connectivity index (χ1v) is 5.95. The second-order valence-electron chi connectivity index (χ2n) is 4.46. The van der Waals surface area contributed by atoms with E-state index >= 15 is 0 Å². The van der Waals surface area contributed by atoms with Gasteiger partial charge in [-0.2, -0.15) is 0 Å². The number of rotatable bonds is 2. The fourth-order valence-corrected chi connectivity index (χ4v) is 1.94. The van der Waals surface area contributed by atoms with Crippen molar-refractivity contribution in [1.82, 2.24) is 14.5 Å². The van der Waals surface area contributed by atoms with E-state index in [0.717, 1.165) is 22.3 Å². The van der Waals surface area contributed by atoms with Crippen molar-refractivity contribution in [3.63, 3.8) is 0 Å². The van der Waals surface area contributed by atoms with E-state index in [4.69, 9.17) is 10.5 Å². The van der Waals surface area contributed by atoms with Gasteiger partial charge in [0, 0.05) is 18.9 Å². The van der Waals surface area contributed by atoms with Gasteiger partial charge in [0.2, 0.25) is 5.88 Å². The van der Waals surface area contributed by atoms with Crippen LogP contribution in [0.4, 0.5) is 5.69 Å². The third kappa shape index (κ3) is 1.99. The quantitative estimate of drug-likeness (QED) is 0.714. The fraction of sp³-hybridized carbons (Fsp3) is 0.143. The lowest BCUT2D eigenvalue weighted by molar-refractivity contribution is 0.468. The summed E-state index contributed by atoms with van der Waals surface area (Å²) in [5.41, 5.74) is 9.25. The molecule has 2 N–H and O–H groups in total. The SMILES string of the molecule is Cc1cc(Oc2nccc3c2ncn3C)ccc1N. The molecule has 0 aliphatic heterocycles. The summed E-state index contributed by atoms with van der Waals surface area (Å²) in [5, 5.41) is 0. The van der Waals surface area contributed by atoms with Crippen LogP contribution in [0.25, 0.3) is 11.0 Å². The molecule has 0 aliphatic carbocycles. The number of fused-ring (bicyclic) bond motifs is 1. The van der Waals surface area contributed by atoms with Crippen LogP contribution in [-0.4, -0.2) is 14.5 Å². The van der Waals surface area contributed by atoms with Crippen molar-refractivity contribution < 1.29 is 4.74 Å². The molecule has 2 heterocycles. The maximum Gasteiger partial charge on any atom is 0.247 e. The number of ether oxygens (including phenoxy) is 1. The average molecular weight is 254 g/mol. The van der Waals surface area contributed by atoms with Gasteiger partial charge in [-0.05, 0) is 36.8 Å². The predicted molar refractivity (Wildman–Crippen MR) is 74.2 cm³/mol. The van der Waals surface area contributed by atoms with Crippen molar-refractivity contribution >= 4 is 16.7 Å². The minimum Gasteiger partial charge on any atom is -0.437 e. The summed E-state index contributed by atoms with van der Waals surface area (Å²) in [6.07, 6.45) is 3.46. The van der Waals surface area contributed by atoms with Gasteiger partial charge < -0.3 is 15.0 Å². The Morgan fingerprint density at radius 3 is 2.84 bits per heavy atom. The van der Waals surface area contributed by atoms with E-state index in [1.165, 1.54) is 0 Å². The molecule has 0 radical (unpaired) electrons. The number of imidazole rings is 1. The average Bonchev–Trinajstić information content (AvgIpc) is 2.77. The zero-order valence-electron chi connectivity index (χ0n) is 10.8. The fourth-order valence-electron chi connectivity index (χ4n) is 1.94. The number of benzene rings is 1. The van der Waals surface area contributed by atoms with Crippen LogP contribution in [0.15, 0.2) is 36.8 Å². The Labute approximate surface area is 110 Å². The number of anilines is 1. The lowest BCUT2D eigenvalue weighted by Crippen LogP contribution is -1.93. The Balaban J connectivity index is 2.03. The summed E-state index contributed by atoms with van der Waals surface area (Å²) in [4.78, 5) is 8.54. The van der Waals surface area contributed by atoms with Crippen LogP contribution in [0, 0.1) is 6.92 Å². The Hall–Kier alpha value is -2.56. The molecule has 0 spiro atoms. The lowest BCUT2D eigenvalue weighted by atomic mass is 10.2. The molecule has 0 fully saturated rings. The number of nitrogens with zero attached hydrogens (tertiary/aromatic N) is 3. The molecular formula is C14H14N4O. The second kappa shape index (κ2) is 4.28. The van der Waals surface area contributed by atoms with Crippen LogP contribution in [0.5, 0.6) is 11.6 Å². The topological polar surface area (TPSA) is 66.0 Å². The highest BCUT2D eigenvalue weighted by Crippen LogP contribution is 2.27. The van der Waals surface area contributed by atoms with Crippen molar-refractivity contribution in [3.05, 3.63) is 42.4 Å². The van der Waals surface area contributed by atoms with Gasteiger partial charge in [0.05, 0.1) is 11.8 Å². The molecule has 0 atom stereocenters. The van der Waals surface area contributed by atoms with Crippen molar-refractivity contribution in [2.24, 2.45) is 7.05 Å². The Bertz CT molecular complexity index is 748. The van der Waals surface area contributed by atoms with Crippen LogP contribution in [0.3, 0.4) is 0 Å². The van der Waals surface area contributed by atoms with Gasteiger partial charge in [0.25, 0.3) is 0 Å². The van der Waals surface area contributed by atoms with Gasteiger partial charge in [-0.25, -0.2) is 9.97 Å². The number of aromatic nitrogens is 3. The minimum absolute atomic E-state index is 0.502. The third-order valence-corrected chi connectivity index (χ3v) is 3.07. The van der Waals surface area contributed by atoms with E-state index in [0.29, 0.717) is 11.6 Å². The molecule has 2 aromatic heterocycles. The molecule has 19 heavy (non-hydrogen) atoms. The number of hydrogen-bond acceptors (Lipinski definition) is 4. The summed E-state index contributed by atoms with van der Waals surface area (Å²) in [6, 6.07) is 7.44. The molecular weight excluding hydrogens is 240 g/mol. The van der Waals surface area contributed by atoms with E-state index < -0.39 is 0 Å². The highest BCUT2D eigenvalue weighted by atomic mass is 16.5. The smallest absolute Gasteiger partial charge is 0.247 e.